The Labute approximate surface area is 129 Å². The number of nitrogens with zero attached hydrogens (tertiary/aromatic N) is 1. The van der Waals surface area contributed by atoms with Crippen molar-refractivity contribution in [1.82, 2.24) is 4.90 Å². The van der Waals surface area contributed by atoms with Gasteiger partial charge in [0.05, 0.1) is 18.2 Å². The first kappa shape index (κ1) is 15.7. The number of halogens is 1. The molecule has 1 fully saturated rings. The van der Waals surface area contributed by atoms with E-state index in [-0.39, 0.29) is 17.7 Å². The molecule has 1 saturated heterocycles. The van der Waals surface area contributed by atoms with Crippen LogP contribution < -0.4 is 5.32 Å². The van der Waals surface area contributed by atoms with E-state index in [1.165, 1.54) is 6.07 Å². The summed E-state index contributed by atoms with van der Waals surface area (Å²) in [4.78, 5) is 13.6. The number of para-hydroxylation sites is 1. The van der Waals surface area contributed by atoms with Crippen molar-refractivity contribution in [2.24, 2.45) is 5.92 Å². The number of esters is 1. The highest BCUT2D eigenvalue weighted by atomic mass is 32.1. The summed E-state index contributed by atoms with van der Waals surface area (Å²) < 4.78 is 18.6. The van der Waals surface area contributed by atoms with E-state index in [1.54, 1.807) is 25.1 Å². The van der Waals surface area contributed by atoms with E-state index in [2.05, 4.69) is 5.32 Å². The maximum atomic E-state index is 13.6. The monoisotopic (exact) mass is 310 g/mol. The van der Waals surface area contributed by atoms with Gasteiger partial charge >= 0.3 is 5.97 Å². The number of benzene rings is 1. The normalized spacial score (nSPS) is 15.6. The number of ether oxygens (including phenoxy) is 1. The summed E-state index contributed by atoms with van der Waals surface area (Å²) in [6.45, 7) is 3.56. The number of nitrogens with one attached hydrogen (secondary N) is 1. The van der Waals surface area contributed by atoms with Crippen LogP contribution in [0.15, 0.2) is 24.3 Å². The second-order valence-corrected chi connectivity index (χ2v) is 5.31. The van der Waals surface area contributed by atoms with Crippen LogP contribution in [0.25, 0.3) is 0 Å². The van der Waals surface area contributed by atoms with Gasteiger partial charge < -0.3 is 15.0 Å². The molecule has 0 atom stereocenters. The molecule has 1 aliphatic heterocycles. The summed E-state index contributed by atoms with van der Waals surface area (Å²) in [7, 11) is 0. The Bertz CT molecular complexity index is 516. The van der Waals surface area contributed by atoms with E-state index in [9.17, 15) is 9.18 Å². The van der Waals surface area contributed by atoms with Gasteiger partial charge in [-0.2, -0.15) is 0 Å². The van der Waals surface area contributed by atoms with Gasteiger partial charge in [0.25, 0.3) is 0 Å². The zero-order valence-electron chi connectivity index (χ0n) is 12.0. The molecule has 0 radical (unpaired) electrons. The lowest BCUT2D eigenvalue weighted by Gasteiger charge is -2.32. The van der Waals surface area contributed by atoms with Crippen LogP contribution in [0.4, 0.5) is 10.1 Å². The van der Waals surface area contributed by atoms with Gasteiger partial charge in [-0.05, 0) is 44.1 Å². The van der Waals surface area contributed by atoms with Gasteiger partial charge in [0.1, 0.15) is 5.82 Å². The van der Waals surface area contributed by atoms with Crippen LogP contribution in [-0.2, 0) is 9.53 Å². The molecule has 1 N–H and O–H groups in total. The SMILES string of the molecule is CCOC(=O)C1CCN(C(=S)Nc2ccccc2F)CC1. The summed E-state index contributed by atoms with van der Waals surface area (Å²) in [6, 6.07) is 6.42. The van der Waals surface area contributed by atoms with Crippen molar-refractivity contribution in [2.75, 3.05) is 25.0 Å². The number of piperidine rings is 1. The van der Waals surface area contributed by atoms with Gasteiger partial charge in [-0.3, -0.25) is 4.79 Å². The highest BCUT2D eigenvalue weighted by molar-refractivity contribution is 7.80. The fourth-order valence-electron chi connectivity index (χ4n) is 2.34. The van der Waals surface area contributed by atoms with E-state index in [4.69, 9.17) is 17.0 Å². The van der Waals surface area contributed by atoms with Crippen LogP contribution in [0.1, 0.15) is 19.8 Å². The second kappa shape index (κ2) is 7.36. The molecule has 0 spiro atoms. The Balaban J connectivity index is 1.86. The van der Waals surface area contributed by atoms with E-state index >= 15 is 0 Å². The summed E-state index contributed by atoms with van der Waals surface area (Å²) in [6.07, 6.45) is 1.41. The Morgan fingerprint density at radius 2 is 2.10 bits per heavy atom. The highest BCUT2D eigenvalue weighted by Crippen LogP contribution is 2.20. The minimum atomic E-state index is -0.332. The molecule has 0 unspecified atom stereocenters. The zero-order valence-corrected chi connectivity index (χ0v) is 12.8. The summed E-state index contributed by atoms with van der Waals surface area (Å²) in [5.41, 5.74) is 0.370. The van der Waals surface area contributed by atoms with Gasteiger partial charge in [-0.15, -0.1) is 0 Å². The largest absolute Gasteiger partial charge is 0.466 e. The average molecular weight is 310 g/mol. The smallest absolute Gasteiger partial charge is 0.309 e. The maximum absolute atomic E-state index is 13.6. The van der Waals surface area contributed by atoms with Crippen molar-refractivity contribution < 1.29 is 13.9 Å². The lowest BCUT2D eigenvalue weighted by atomic mass is 9.97. The summed E-state index contributed by atoms with van der Waals surface area (Å²) >= 11 is 5.30. The predicted molar refractivity (Wildman–Crippen MR) is 83.6 cm³/mol. The molecule has 0 aromatic heterocycles. The minimum absolute atomic E-state index is 0.0579. The number of carbonyl (C=O) groups is 1. The van der Waals surface area contributed by atoms with Crippen LogP contribution in [0.5, 0.6) is 0 Å². The molecule has 1 aromatic carbocycles. The maximum Gasteiger partial charge on any atom is 0.309 e. The molecular formula is C15H19FN2O2S. The molecule has 0 bridgehead atoms. The zero-order chi connectivity index (χ0) is 15.2. The van der Waals surface area contributed by atoms with Gasteiger partial charge in [-0.1, -0.05) is 12.1 Å². The second-order valence-electron chi connectivity index (χ2n) is 4.92. The van der Waals surface area contributed by atoms with Crippen LogP contribution in [0.3, 0.4) is 0 Å². The van der Waals surface area contributed by atoms with Crippen molar-refractivity contribution in [3.05, 3.63) is 30.1 Å². The van der Waals surface area contributed by atoms with Crippen LogP contribution in [-0.4, -0.2) is 35.7 Å². The molecule has 0 saturated carbocycles. The number of thiocarbonyl (C=S) groups is 1. The number of rotatable bonds is 3. The third-order valence-corrected chi connectivity index (χ3v) is 3.88. The van der Waals surface area contributed by atoms with E-state index in [0.717, 1.165) is 0 Å². The van der Waals surface area contributed by atoms with Crippen LogP contribution in [0, 0.1) is 11.7 Å². The van der Waals surface area contributed by atoms with E-state index < -0.39 is 0 Å². The summed E-state index contributed by atoms with van der Waals surface area (Å²) in [5, 5.41) is 3.40. The first-order valence-corrected chi connectivity index (χ1v) is 7.49. The first-order chi connectivity index (χ1) is 10.1. The predicted octanol–water partition coefficient (Wildman–Crippen LogP) is 2.80. The third kappa shape index (κ3) is 4.14. The number of hydrogen-bond acceptors (Lipinski definition) is 3. The Morgan fingerprint density at radius 1 is 1.43 bits per heavy atom. The molecule has 0 aliphatic carbocycles. The minimum Gasteiger partial charge on any atom is -0.466 e. The standard InChI is InChI=1S/C15H19FN2O2S/c1-2-20-14(19)11-7-9-18(10-8-11)15(21)17-13-6-4-3-5-12(13)16/h3-6,11H,2,7-10H2,1H3,(H,17,21). The fraction of sp³-hybridized carbons (Fsp3) is 0.467. The molecule has 1 aliphatic rings. The lowest BCUT2D eigenvalue weighted by Crippen LogP contribution is -2.42. The van der Waals surface area contributed by atoms with Crippen molar-refractivity contribution in [2.45, 2.75) is 19.8 Å². The molecule has 21 heavy (non-hydrogen) atoms. The molecule has 1 aromatic rings. The Morgan fingerprint density at radius 3 is 2.71 bits per heavy atom. The number of likely N-dealkylation sites (tertiary alicyclic amines) is 1. The van der Waals surface area contributed by atoms with Crippen molar-refractivity contribution in [1.29, 1.82) is 0 Å². The molecule has 2 rings (SSSR count). The molecule has 0 amide bonds. The van der Waals surface area contributed by atoms with Gasteiger partial charge in [0, 0.05) is 13.1 Å². The Kier molecular flexibility index (Phi) is 5.50. The van der Waals surface area contributed by atoms with Crippen molar-refractivity contribution >= 4 is 29.0 Å². The van der Waals surface area contributed by atoms with Gasteiger partial charge in [0.15, 0.2) is 5.11 Å². The third-order valence-electron chi connectivity index (χ3n) is 3.52. The molecule has 1 heterocycles. The molecular weight excluding hydrogens is 291 g/mol. The first-order valence-electron chi connectivity index (χ1n) is 7.09. The molecule has 6 heteroatoms. The van der Waals surface area contributed by atoms with E-state index in [1.807, 2.05) is 4.90 Å². The van der Waals surface area contributed by atoms with Gasteiger partial charge in [0.2, 0.25) is 0 Å². The number of anilines is 1. The highest BCUT2D eigenvalue weighted by Gasteiger charge is 2.27. The van der Waals surface area contributed by atoms with Gasteiger partial charge in [-0.25, -0.2) is 4.39 Å². The van der Waals surface area contributed by atoms with Crippen LogP contribution in [0.2, 0.25) is 0 Å². The fourth-order valence-corrected chi connectivity index (χ4v) is 2.63. The topological polar surface area (TPSA) is 41.6 Å². The van der Waals surface area contributed by atoms with Crippen molar-refractivity contribution in [3.8, 4) is 0 Å². The average Bonchev–Trinajstić information content (AvgIpc) is 2.50. The molecule has 114 valence electrons. The van der Waals surface area contributed by atoms with Crippen molar-refractivity contribution in [3.63, 3.8) is 0 Å². The molecule has 4 nitrogen and oxygen atoms in total. The number of hydrogen-bond donors (Lipinski definition) is 1. The quantitative estimate of drug-likeness (QED) is 0.687. The van der Waals surface area contributed by atoms with Crippen LogP contribution >= 0.6 is 12.2 Å². The summed E-state index contributed by atoms with van der Waals surface area (Å²) in [5.74, 6) is -0.524. The lowest BCUT2D eigenvalue weighted by molar-refractivity contribution is -0.149. The number of carbonyl (C=O) groups excluding carboxylic acids is 1. The Hall–Kier alpha value is -1.69. The van der Waals surface area contributed by atoms with E-state index in [0.29, 0.717) is 43.3 Å².